The van der Waals surface area contributed by atoms with Crippen LogP contribution in [0.3, 0.4) is 0 Å². The number of rotatable bonds is 7. The van der Waals surface area contributed by atoms with Gasteiger partial charge in [-0.25, -0.2) is 9.59 Å². The highest BCUT2D eigenvalue weighted by Crippen LogP contribution is 2.37. The molecule has 216 valence electrons. The van der Waals surface area contributed by atoms with Crippen LogP contribution in [0.1, 0.15) is 51.9 Å². The van der Waals surface area contributed by atoms with Crippen molar-refractivity contribution in [2.24, 2.45) is 0 Å². The van der Waals surface area contributed by atoms with Crippen molar-refractivity contribution in [2.75, 3.05) is 13.2 Å². The molecule has 3 aromatic rings. The van der Waals surface area contributed by atoms with Gasteiger partial charge in [-0.2, -0.15) is 0 Å². The van der Waals surface area contributed by atoms with Gasteiger partial charge in [0.2, 0.25) is 0 Å². The minimum absolute atomic E-state index is 0.156. The number of esters is 1. The average molecular weight is 572 g/mol. The molecule has 0 radical (unpaired) electrons. The lowest BCUT2D eigenvalue weighted by atomic mass is 10.1. The van der Waals surface area contributed by atoms with Gasteiger partial charge < -0.3 is 13.9 Å². The van der Waals surface area contributed by atoms with E-state index < -0.39 is 38.1 Å². The lowest BCUT2D eigenvalue weighted by molar-refractivity contribution is -0.0203. The molecule has 1 heterocycles. The molecular formula is C34H41NO5Si. The van der Waals surface area contributed by atoms with Crippen molar-refractivity contribution < 1.29 is 23.5 Å². The number of hydrogen-bond donors (Lipinski definition) is 0. The van der Waals surface area contributed by atoms with Gasteiger partial charge in [0.1, 0.15) is 11.7 Å². The molecule has 0 saturated carbocycles. The summed E-state index contributed by atoms with van der Waals surface area (Å²) in [5.41, 5.74) is -0.236. The molecule has 6 nitrogen and oxygen atoms in total. The van der Waals surface area contributed by atoms with Crippen LogP contribution in [-0.4, -0.2) is 56.2 Å². The number of amides is 1. The molecular weight excluding hydrogens is 530 g/mol. The second-order valence-corrected chi connectivity index (χ2v) is 16.6. The Kier molecular flexibility index (Phi) is 9.20. The fourth-order valence-electron chi connectivity index (χ4n) is 5.32. The van der Waals surface area contributed by atoms with Crippen molar-refractivity contribution >= 4 is 30.8 Å². The van der Waals surface area contributed by atoms with Gasteiger partial charge in [-0.05, 0) is 54.4 Å². The molecule has 1 aliphatic rings. The van der Waals surface area contributed by atoms with E-state index >= 15 is 0 Å². The summed E-state index contributed by atoms with van der Waals surface area (Å²) in [6.45, 7) is 12.6. The van der Waals surface area contributed by atoms with E-state index in [0.29, 0.717) is 12.1 Å². The summed E-state index contributed by atoms with van der Waals surface area (Å²) in [6.07, 6.45) is 2.49. The van der Waals surface area contributed by atoms with Crippen LogP contribution in [0.5, 0.6) is 0 Å². The van der Waals surface area contributed by atoms with Crippen molar-refractivity contribution in [3.05, 3.63) is 109 Å². The Hall–Kier alpha value is -3.68. The van der Waals surface area contributed by atoms with Crippen molar-refractivity contribution in [1.29, 1.82) is 0 Å². The van der Waals surface area contributed by atoms with E-state index in [4.69, 9.17) is 13.9 Å². The lowest BCUT2D eigenvalue weighted by Crippen LogP contribution is -2.68. The summed E-state index contributed by atoms with van der Waals surface area (Å²) in [5.74, 6) is -0.457. The molecule has 1 amide bonds. The highest BCUT2D eigenvalue weighted by atomic mass is 28.4. The molecule has 0 saturated heterocycles. The normalized spacial score (nSPS) is 17.7. The maximum Gasteiger partial charge on any atom is 0.411 e. The second-order valence-electron chi connectivity index (χ2n) is 12.3. The highest BCUT2D eigenvalue weighted by Gasteiger charge is 2.51. The Morgan fingerprint density at radius 2 is 1.32 bits per heavy atom. The van der Waals surface area contributed by atoms with E-state index in [1.54, 1.807) is 29.2 Å². The maximum absolute atomic E-state index is 13.5. The zero-order valence-corrected chi connectivity index (χ0v) is 25.9. The zero-order chi connectivity index (χ0) is 29.7. The van der Waals surface area contributed by atoms with Crippen LogP contribution in [0.25, 0.3) is 0 Å². The highest BCUT2D eigenvalue weighted by molar-refractivity contribution is 6.99. The van der Waals surface area contributed by atoms with E-state index in [-0.39, 0.29) is 11.6 Å². The van der Waals surface area contributed by atoms with Gasteiger partial charge in [-0.15, -0.1) is 0 Å². The molecule has 0 bridgehead atoms. The van der Waals surface area contributed by atoms with Crippen molar-refractivity contribution in [1.82, 2.24) is 4.90 Å². The topological polar surface area (TPSA) is 65.1 Å². The molecule has 7 heteroatoms. The van der Waals surface area contributed by atoms with Gasteiger partial charge >= 0.3 is 12.1 Å². The van der Waals surface area contributed by atoms with E-state index in [1.165, 1.54) is 0 Å². The van der Waals surface area contributed by atoms with E-state index in [0.717, 1.165) is 10.4 Å². The third-order valence-electron chi connectivity index (χ3n) is 7.18. The van der Waals surface area contributed by atoms with Crippen molar-refractivity contribution in [3.8, 4) is 0 Å². The van der Waals surface area contributed by atoms with Gasteiger partial charge in [0, 0.05) is 6.54 Å². The Morgan fingerprint density at radius 1 is 0.805 bits per heavy atom. The Bertz CT molecular complexity index is 1290. The summed E-state index contributed by atoms with van der Waals surface area (Å²) >= 11 is 0. The van der Waals surface area contributed by atoms with Crippen LogP contribution in [0.15, 0.2) is 103 Å². The number of hydrogen-bond acceptors (Lipinski definition) is 5. The monoisotopic (exact) mass is 571 g/mol. The lowest BCUT2D eigenvalue weighted by Gasteiger charge is -2.45. The zero-order valence-electron chi connectivity index (χ0n) is 24.9. The van der Waals surface area contributed by atoms with Crippen LogP contribution < -0.4 is 10.4 Å². The predicted molar refractivity (Wildman–Crippen MR) is 165 cm³/mol. The van der Waals surface area contributed by atoms with Crippen LogP contribution in [-0.2, 0) is 13.9 Å². The Morgan fingerprint density at radius 3 is 1.80 bits per heavy atom. The van der Waals surface area contributed by atoms with Crippen LogP contribution in [0, 0.1) is 0 Å². The molecule has 4 rings (SSSR count). The molecule has 0 aliphatic carbocycles. The van der Waals surface area contributed by atoms with Crippen molar-refractivity contribution in [2.45, 2.75) is 64.3 Å². The Balaban J connectivity index is 1.75. The minimum atomic E-state index is -2.92. The number of nitrogens with zero attached hydrogens (tertiary/aromatic N) is 1. The SMILES string of the molecule is CC(C)(C)OC(=O)N1CC=C[C@@H](OC(=O)c2ccccc2)[C@H]1CO[Si](c1ccccc1)(c1ccccc1)C(C)(C)C. The summed E-state index contributed by atoms with van der Waals surface area (Å²) in [6, 6.07) is 29.0. The first-order valence-electron chi connectivity index (χ1n) is 14.1. The molecule has 3 aromatic carbocycles. The van der Waals surface area contributed by atoms with Gasteiger partial charge in [0.15, 0.2) is 0 Å². The first kappa shape index (κ1) is 30.3. The third-order valence-corrected chi connectivity index (χ3v) is 12.2. The first-order valence-corrected chi connectivity index (χ1v) is 16.0. The summed E-state index contributed by atoms with van der Waals surface area (Å²) < 4.78 is 19.0. The molecule has 41 heavy (non-hydrogen) atoms. The summed E-state index contributed by atoms with van der Waals surface area (Å²) in [7, 11) is -2.92. The van der Waals surface area contributed by atoms with Gasteiger partial charge in [0.05, 0.1) is 18.2 Å². The molecule has 0 unspecified atom stereocenters. The largest absolute Gasteiger partial charge is 0.452 e. The van der Waals surface area contributed by atoms with Crippen LogP contribution in [0.2, 0.25) is 5.04 Å². The fraction of sp³-hybridized carbons (Fsp3) is 0.353. The fourth-order valence-corrected chi connectivity index (χ4v) is 9.90. The quantitative estimate of drug-likeness (QED) is 0.199. The Labute approximate surface area is 245 Å². The molecule has 0 N–H and O–H groups in total. The molecule has 0 aromatic heterocycles. The average Bonchev–Trinajstić information content (AvgIpc) is 2.94. The third kappa shape index (κ3) is 6.97. The summed E-state index contributed by atoms with van der Waals surface area (Å²) in [5, 5.41) is 2.01. The standard InChI is InChI=1S/C34H41NO5Si/c1-33(2,3)40-32(37)35-24-16-23-30(39-31(36)26-17-10-7-11-18-26)29(35)25-38-41(34(4,5)6,27-19-12-8-13-20-27)28-21-14-9-15-22-28/h7-23,29-30H,24-25H2,1-6H3/t29-,30-/m1/s1. The molecule has 0 fully saturated rings. The predicted octanol–water partition coefficient (Wildman–Crippen LogP) is 5.96. The van der Waals surface area contributed by atoms with E-state index in [1.807, 2.05) is 75.4 Å². The number of carbonyl (C=O) groups excluding carboxylic acids is 2. The smallest absolute Gasteiger partial charge is 0.411 e. The van der Waals surface area contributed by atoms with Gasteiger partial charge in [-0.3, -0.25) is 4.90 Å². The van der Waals surface area contributed by atoms with Gasteiger partial charge in [-0.1, -0.05) is 106 Å². The molecule has 0 spiro atoms. The molecule has 1 aliphatic heterocycles. The maximum atomic E-state index is 13.5. The number of benzene rings is 3. The number of carbonyl (C=O) groups is 2. The van der Waals surface area contributed by atoms with E-state index in [9.17, 15) is 9.59 Å². The second kappa shape index (κ2) is 12.5. The molecule has 2 atom stereocenters. The van der Waals surface area contributed by atoms with E-state index in [2.05, 4.69) is 45.0 Å². The van der Waals surface area contributed by atoms with Crippen molar-refractivity contribution in [3.63, 3.8) is 0 Å². The van der Waals surface area contributed by atoms with Crippen LogP contribution in [0.4, 0.5) is 4.79 Å². The minimum Gasteiger partial charge on any atom is -0.452 e. The van der Waals surface area contributed by atoms with Gasteiger partial charge in [0.25, 0.3) is 8.32 Å². The number of ether oxygens (including phenoxy) is 2. The van der Waals surface area contributed by atoms with Crippen LogP contribution >= 0.6 is 0 Å². The first-order chi connectivity index (χ1) is 19.4. The summed E-state index contributed by atoms with van der Waals surface area (Å²) in [4.78, 5) is 28.2.